The molecule has 2 bridgehead atoms. The van der Waals surface area contributed by atoms with Gasteiger partial charge in [-0.2, -0.15) is 0 Å². The van der Waals surface area contributed by atoms with Crippen LogP contribution in [0, 0.1) is 26.2 Å². The summed E-state index contributed by atoms with van der Waals surface area (Å²) in [6.07, 6.45) is 4.77. The molecule has 2 aromatic carbocycles. The van der Waals surface area contributed by atoms with Crippen LogP contribution in [0.5, 0.6) is 5.75 Å². The number of aryl methyl sites for hydroxylation is 3. The molecular formula is C26H35N2O+. The Morgan fingerprint density at radius 1 is 1.07 bits per heavy atom. The van der Waals surface area contributed by atoms with Gasteiger partial charge in [0.2, 0.25) is 6.34 Å². The molecule has 1 saturated carbocycles. The van der Waals surface area contributed by atoms with Crippen molar-refractivity contribution in [1.82, 2.24) is 0 Å². The molecule has 2 atom stereocenters. The van der Waals surface area contributed by atoms with E-state index < -0.39 is 0 Å². The second-order valence-electron chi connectivity index (χ2n) is 9.75. The highest BCUT2D eigenvalue weighted by Crippen LogP contribution is 2.54. The normalized spacial score (nSPS) is 25.1. The number of rotatable bonds is 4. The van der Waals surface area contributed by atoms with Crippen LogP contribution < -0.4 is 9.64 Å². The molecule has 3 heteroatoms. The first-order chi connectivity index (χ1) is 13.7. The summed E-state index contributed by atoms with van der Waals surface area (Å²) in [7, 11) is 1.77. The van der Waals surface area contributed by atoms with Crippen LogP contribution >= 0.6 is 0 Å². The fourth-order valence-corrected chi connectivity index (χ4v) is 5.74. The van der Waals surface area contributed by atoms with Gasteiger partial charge in [0.1, 0.15) is 18.1 Å². The Bertz CT molecular complexity index is 951. The van der Waals surface area contributed by atoms with E-state index in [2.05, 4.69) is 87.7 Å². The summed E-state index contributed by atoms with van der Waals surface area (Å²) in [6.45, 7) is 15.0. The number of para-hydroxylation sites is 2. The summed E-state index contributed by atoms with van der Waals surface area (Å²) < 4.78 is 8.33. The van der Waals surface area contributed by atoms with Crippen molar-refractivity contribution in [2.24, 2.45) is 5.41 Å². The highest BCUT2D eigenvalue weighted by molar-refractivity contribution is 5.81. The third-order valence-corrected chi connectivity index (χ3v) is 7.89. The number of ether oxygens (including phenoxy) is 1. The highest BCUT2D eigenvalue weighted by atomic mass is 16.5. The molecule has 1 aliphatic carbocycles. The van der Waals surface area contributed by atoms with Crippen LogP contribution in [0.3, 0.4) is 0 Å². The first-order valence-corrected chi connectivity index (χ1v) is 10.8. The maximum Gasteiger partial charge on any atom is 0.240 e. The maximum atomic E-state index is 5.72. The SMILES string of the molecule is COc1ccccc1N1C=[N+](Cc2c(C)cc(C)cc2C)C2(C)CCC1C2(C)C. The van der Waals surface area contributed by atoms with Gasteiger partial charge < -0.3 is 4.74 Å². The van der Waals surface area contributed by atoms with Gasteiger partial charge in [0, 0.05) is 5.41 Å². The largest absolute Gasteiger partial charge is 0.492 e. The molecule has 0 N–H and O–H groups in total. The van der Waals surface area contributed by atoms with E-state index in [1.807, 2.05) is 6.07 Å². The van der Waals surface area contributed by atoms with E-state index >= 15 is 0 Å². The van der Waals surface area contributed by atoms with Crippen molar-refractivity contribution >= 4 is 12.0 Å². The second-order valence-corrected chi connectivity index (χ2v) is 9.75. The zero-order valence-electron chi connectivity index (χ0n) is 19.0. The molecule has 0 amide bonds. The van der Waals surface area contributed by atoms with Crippen molar-refractivity contribution in [2.75, 3.05) is 12.0 Å². The minimum Gasteiger partial charge on any atom is -0.492 e. The lowest BCUT2D eigenvalue weighted by Crippen LogP contribution is -2.61. The number of benzene rings is 2. The van der Waals surface area contributed by atoms with Gasteiger partial charge >= 0.3 is 0 Å². The quantitative estimate of drug-likeness (QED) is 0.628. The van der Waals surface area contributed by atoms with Gasteiger partial charge in [-0.3, -0.25) is 4.58 Å². The zero-order valence-corrected chi connectivity index (χ0v) is 19.0. The lowest BCUT2D eigenvalue weighted by Gasteiger charge is -2.46. The van der Waals surface area contributed by atoms with Crippen LogP contribution in [0.25, 0.3) is 0 Å². The standard InChI is InChI=1S/C26H35N2O/c1-18-14-19(2)21(20(3)15-18)16-27-17-28(22-10-8-9-11-23(22)29-7)24-12-13-26(27,6)25(24,4)5/h8-11,14-15,17,24H,12-13,16H2,1-7H3/q+1. The Kier molecular flexibility index (Phi) is 4.76. The van der Waals surface area contributed by atoms with Gasteiger partial charge in [0.05, 0.1) is 7.11 Å². The van der Waals surface area contributed by atoms with Gasteiger partial charge in [0.25, 0.3) is 0 Å². The molecule has 2 unspecified atom stereocenters. The van der Waals surface area contributed by atoms with Crippen molar-refractivity contribution < 1.29 is 9.31 Å². The van der Waals surface area contributed by atoms with E-state index in [9.17, 15) is 0 Å². The van der Waals surface area contributed by atoms with E-state index in [0.29, 0.717) is 6.04 Å². The lowest BCUT2D eigenvalue weighted by molar-refractivity contribution is -0.634. The van der Waals surface area contributed by atoms with Crippen LogP contribution in [0.4, 0.5) is 5.69 Å². The highest BCUT2D eigenvalue weighted by Gasteiger charge is 2.63. The molecule has 2 aliphatic rings. The molecule has 2 aromatic rings. The molecule has 0 aromatic heterocycles. The number of anilines is 1. The molecule has 154 valence electrons. The summed E-state index contributed by atoms with van der Waals surface area (Å²) in [5, 5.41) is 0. The maximum absolute atomic E-state index is 5.72. The molecule has 4 rings (SSSR count). The molecular weight excluding hydrogens is 356 g/mol. The smallest absolute Gasteiger partial charge is 0.240 e. The first-order valence-electron chi connectivity index (χ1n) is 10.8. The van der Waals surface area contributed by atoms with E-state index in [-0.39, 0.29) is 11.0 Å². The van der Waals surface area contributed by atoms with Crippen molar-refractivity contribution in [2.45, 2.75) is 72.5 Å². The van der Waals surface area contributed by atoms with Crippen molar-refractivity contribution in [3.63, 3.8) is 0 Å². The van der Waals surface area contributed by atoms with E-state index in [1.165, 1.54) is 40.8 Å². The average Bonchev–Trinajstić information content (AvgIpc) is 2.81. The Balaban J connectivity index is 1.84. The zero-order chi connectivity index (χ0) is 21.0. The van der Waals surface area contributed by atoms with Gasteiger partial charge in [-0.25, -0.2) is 4.90 Å². The molecule has 1 fully saturated rings. The summed E-state index contributed by atoms with van der Waals surface area (Å²) in [5.74, 6) is 0.942. The van der Waals surface area contributed by atoms with Crippen molar-refractivity contribution in [3.05, 3.63) is 58.7 Å². The molecule has 1 heterocycles. The number of methoxy groups -OCH3 is 1. The molecule has 0 spiro atoms. The molecule has 29 heavy (non-hydrogen) atoms. The predicted molar refractivity (Wildman–Crippen MR) is 121 cm³/mol. The van der Waals surface area contributed by atoms with E-state index in [1.54, 1.807) is 7.11 Å². The Morgan fingerprint density at radius 2 is 1.72 bits per heavy atom. The Labute approximate surface area is 176 Å². The van der Waals surface area contributed by atoms with Gasteiger partial charge in [0.15, 0.2) is 11.4 Å². The van der Waals surface area contributed by atoms with Crippen molar-refractivity contribution in [3.8, 4) is 5.75 Å². The van der Waals surface area contributed by atoms with Crippen LogP contribution in [0.2, 0.25) is 0 Å². The minimum absolute atomic E-state index is 0.139. The van der Waals surface area contributed by atoms with Crippen LogP contribution in [0.15, 0.2) is 36.4 Å². The van der Waals surface area contributed by atoms with Crippen LogP contribution in [-0.2, 0) is 6.54 Å². The first kappa shape index (κ1) is 20.0. The van der Waals surface area contributed by atoms with E-state index in [4.69, 9.17) is 4.74 Å². The molecule has 0 radical (unpaired) electrons. The lowest BCUT2D eigenvalue weighted by atomic mass is 9.72. The fourth-order valence-electron chi connectivity index (χ4n) is 5.74. The molecule has 3 nitrogen and oxygen atoms in total. The number of hydrogen-bond acceptors (Lipinski definition) is 2. The average molecular weight is 392 g/mol. The van der Waals surface area contributed by atoms with Crippen LogP contribution in [-0.4, -0.2) is 29.6 Å². The third-order valence-electron chi connectivity index (χ3n) is 7.89. The summed E-state index contributed by atoms with van der Waals surface area (Å²) in [6, 6.07) is 13.5. The fraction of sp³-hybridized carbons (Fsp3) is 0.500. The Hall–Kier alpha value is -2.29. The van der Waals surface area contributed by atoms with Crippen molar-refractivity contribution in [1.29, 1.82) is 0 Å². The Morgan fingerprint density at radius 3 is 2.38 bits per heavy atom. The van der Waals surface area contributed by atoms with Gasteiger partial charge in [-0.15, -0.1) is 0 Å². The van der Waals surface area contributed by atoms with E-state index in [0.717, 1.165) is 12.3 Å². The van der Waals surface area contributed by atoms with Gasteiger partial charge in [-0.1, -0.05) is 43.7 Å². The topological polar surface area (TPSA) is 15.5 Å². The van der Waals surface area contributed by atoms with Crippen LogP contribution in [0.1, 0.15) is 55.9 Å². The van der Waals surface area contributed by atoms with Gasteiger partial charge in [-0.05, 0) is 69.4 Å². The molecule has 0 saturated heterocycles. The summed E-state index contributed by atoms with van der Waals surface area (Å²) in [4.78, 5) is 2.48. The molecule has 1 aliphatic heterocycles. The number of hydrogen-bond donors (Lipinski definition) is 0. The number of nitrogens with zero attached hydrogens (tertiary/aromatic N) is 2. The summed E-state index contributed by atoms with van der Waals surface area (Å²) >= 11 is 0. The third kappa shape index (κ3) is 2.97. The predicted octanol–water partition coefficient (Wildman–Crippen LogP) is 5.63. The number of fused-ring (bicyclic) bond motifs is 2. The second kappa shape index (κ2) is 6.90. The minimum atomic E-state index is 0.139. The monoisotopic (exact) mass is 391 g/mol. The summed E-state index contributed by atoms with van der Waals surface area (Å²) in [5.41, 5.74) is 7.04.